The molecule has 3 aliphatic carbocycles. The minimum Gasteiger partial charge on any atom is -0.396 e. The lowest BCUT2D eigenvalue weighted by Gasteiger charge is -2.37. The van der Waals surface area contributed by atoms with Crippen LogP contribution in [0.2, 0.25) is 0 Å². The molecule has 4 fully saturated rings. The van der Waals surface area contributed by atoms with Crippen molar-refractivity contribution in [1.82, 2.24) is 0 Å². The lowest BCUT2D eigenvalue weighted by atomic mass is 9.75. The fourth-order valence-corrected chi connectivity index (χ4v) is 7.99. The fourth-order valence-electron chi connectivity index (χ4n) is 7.99. The predicted molar refractivity (Wildman–Crippen MR) is 196 cm³/mol. The van der Waals surface area contributed by atoms with Crippen LogP contribution in [0, 0.1) is 53.3 Å². The summed E-state index contributed by atoms with van der Waals surface area (Å²) >= 11 is 0. The molecule has 10 atom stereocenters. The van der Waals surface area contributed by atoms with Crippen LogP contribution >= 0.6 is 0 Å². The van der Waals surface area contributed by atoms with E-state index in [1.807, 2.05) is 6.08 Å². The highest BCUT2D eigenvalue weighted by Crippen LogP contribution is 2.36. The van der Waals surface area contributed by atoms with E-state index in [9.17, 15) is 5.11 Å². The van der Waals surface area contributed by atoms with Crippen LogP contribution < -0.4 is 0 Å². The zero-order chi connectivity index (χ0) is 34.6. The van der Waals surface area contributed by atoms with E-state index < -0.39 is 0 Å². The van der Waals surface area contributed by atoms with Gasteiger partial charge in [-0.05, 0) is 118 Å². The number of aliphatic hydroxyl groups excluding tert-OH is 2. The van der Waals surface area contributed by atoms with Gasteiger partial charge in [-0.1, -0.05) is 87.7 Å². The molecule has 1 unspecified atom stereocenters. The third-order valence-electron chi connectivity index (χ3n) is 11.1. The van der Waals surface area contributed by atoms with Crippen molar-refractivity contribution in [1.29, 1.82) is 0 Å². The Morgan fingerprint density at radius 3 is 1.54 bits per heavy atom. The van der Waals surface area contributed by atoms with Crippen molar-refractivity contribution >= 4 is 0 Å². The van der Waals surface area contributed by atoms with Gasteiger partial charge in [0.2, 0.25) is 0 Å². The molecular weight excluding hydrogens is 572 g/mol. The maximum atomic E-state index is 9.71. The van der Waals surface area contributed by atoms with Crippen LogP contribution in [-0.4, -0.2) is 61.1 Å². The van der Waals surface area contributed by atoms with Crippen LogP contribution in [0.25, 0.3) is 0 Å². The molecule has 1 aliphatic heterocycles. The van der Waals surface area contributed by atoms with Gasteiger partial charge in [0.15, 0.2) is 0 Å². The molecule has 46 heavy (non-hydrogen) atoms. The number of rotatable bonds is 10. The average Bonchev–Trinajstić information content (AvgIpc) is 3.47. The first kappa shape index (κ1) is 43.6. The molecular formula is C41H80O5. The fraction of sp³-hybridized carbons (Fsp3) is 0.951. The molecule has 1 saturated heterocycles. The van der Waals surface area contributed by atoms with Gasteiger partial charge in [-0.25, -0.2) is 0 Å². The lowest BCUT2D eigenvalue weighted by molar-refractivity contribution is -0.0417. The Balaban J connectivity index is 0.000000319. The molecule has 0 amide bonds. The van der Waals surface area contributed by atoms with Crippen LogP contribution in [0.1, 0.15) is 146 Å². The maximum Gasteiger partial charge on any atom is 0.0648 e. The Bertz CT molecular complexity index is 732. The zero-order valence-electron chi connectivity index (χ0n) is 32.2. The largest absolute Gasteiger partial charge is 0.396 e. The average molecular weight is 653 g/mol. The smallest absolute Gasteiger partial charge is 0.0648 e. The van der Waals surface area contributed by atoms with Crippen molar-refractivity contribution < 1.29 is 24.4 Å². The van der Waals surface area contributed by atoms with Crippen molar-refractivity contribution in [3.05, 3.63) is 12.7 Å². The summed E-state index contributed by atoms with van der Waals surface area (Å²) in [6.07, 6.45) is 17.9. The summed E-state index contributed by atoms with van der Waals surface area (Å²) in [6.45, 7) is 29.0. The minimum atomic E-state index is -0.0289. The normalized spacial score (nSPS) is 34.6. The summed E-state index contributed by atoms with van der Waals surface area (Å²) in [5.74, 6) is 6.53. The van der Waals surface area contributed by atoms with E-state index in [0.717, 1.165) is 67.5 Å². The van der Waals surface area contributed by atoms with Gasteiger partial charge in [-0.15, -0.1) is 6.58 Å². The van der Waals surface area contributed by atoms with E-state index in [1.54, 1.807) is 0 Å². The predicted octanol–water partition coefficient (Wildman–Crippen LogP) is 10.1. The molecule has 3 saturated carbocycles. The van der Waals surface area contributed by atoms with Gasteiger partial charge in [-0.2, -0.15) is 0 Å². The molecule has 4 rings (SSSR count). The Kier molecular flexibility index (Phi) is 23.3. The second kappa shape index (κ2) is 24.6. The van der Waals surface area contributed by atoms with Gasteiger partial charge < -0.3 is 24.4 Å². The summed E-state index contributed by atoms with van der Waals surface area (Å²) in [7, 11) is 0. The summed E-state index contributed by atoms with van der Waals surface area (Å²) in [5, 5.41) is 18.5. The van der Waals surface area contributed by atoms with E-state index in [1.165, 1.54) is 64.2 Å². The Hall–Kier alpha value is -0.460. The Morgan fingerprint density at radius 2 is 1.17 bits per heavy atom. The van der Waals surface area contributed by atoms with Crippen LogP contribution in [-0.2, 0) is 14.2 Å². The molecule has 274 valence electrons. The third-order valence-corrected chi connectivity index (χ3v) is 11.1. The van der Waals surface area contributed by atoms with Gasteiger partial charge >= 0.3 is 0 Å². The first-order chi connectivity index (χ1) is 21.8. The molecule has 0 aromatic heterocycles. The van der Waals surface area contributed by atoms with Crippen molar-refractivity contribution in [3.63, 3.8) is 0 Å². The summed E-state index contributed by atoms with van der Waals surface area (Å²) < 4.78 is 16.9. The van der Waals surface area contributed by atoms with Crippen molar-refractivity contribution in [2.75, 3.05) is 26.4 Å². The minimum absolute atomic E-state index is 0.0289. The van der Waals surface area contributed by atoms with Crippen LogP contribution in [0.3, 0.4) is 0 Å². The number of hydrogen-bond donors (Lipinski definition) is 2. The van der Waals surface area contributed by atoms with E-state index in [2.05, 4.69) is 75.8 Å². The van der Waals surface area contributed by atoms with E-state index in [0.29, 0.717) is 36.8 Å². The van der Waals surface area contributed by atoms with Gasteiger partial charge in [0.25, 0.3) is 0 Å². The van der Waals surface area contributed by atoms with Crippen LogP contribution in [0.5, 0.6) is 0 Å². The second-order valence-electron chi connectivity index (χ2n) is 16.5. The molecule has 2 N–H and O–H groups in total. The van der Waals surface area contributed by atoms with Gasteiger partial charge in [0.1, 0.15) is 0 Å². The topological polar surface area (TPSA) is 68.2 Å². The second-order valence-corrected chi connectivity index (χ2v) is 16.5. The standard InChI is InChI=1S/C13H26O2.C13H24O.C10H20O.C5H10O/c1-10(2)12-6-5-11(3)9-13(12)15-8-4-7-14;1-5-8-14-13-9-11(4)6-7-12(13)10(2)3;1-7(2)9-5-4-8(3)6-10(9)11;1-5-3-2-4-6-5/h10-14H,4-9H2,1-3H3;5,10-13H,1,6-9H2,2-4H3;7-11H,4-6H2,1-3H3;5H,2-4H2,1H3/t2*11-,12+,13-;8-,9+,10-;/m111./s1. The lowest BCUT2D eigenvalue weighted by Crippen LogP contribution is -2.34. The molecule has 0 aromatic rings. The molecule has 5 nitrogen and oxygen atoms in total. The molecule has 0 spiro atoms. The van der Waals surface area contributed by atoms with Gasteiger partial charge in [-0.3, -0.25) is 0 Å². The summed E-state index contributed by atoms with van der Waals surface area (Å²) in [4.78, 5) is 0. The van der Waals surface area contributed by atoms with Crippen molar-refractivity contribution in [2.24, 2.45) is 53.3 Å². The van der Waals surface area contributed by atoms with E-state index in [-0.39, 0.29) is 12.7 Å². The maximum absolute atomic E-state index is 9.71. The molecule has 0 bridgehead atoms. The highest BCUT2D eigenvalue weighted by atomic mass is 16.5. The summed E-state index contributed by atoms with van der Waals surface area (Å²) in [5.41, 5.74) is 0. The number of hydrogen-bond acceptors (Lipinski definition) is 5. The van der Waals surface area contributed by atoms with Gasteiger partial charge in [0, 0.05) is 19.8 Å². The van der Waals surface area contributed by atoms with Crippen molar-refractivity contribution in [2.45, 2.75) is 171 Å². The highest BCUT2D eigenvalue weighted by Gasteiger charge is 2.32. The summed E-state index contributed by atoms with van der Waals surface area (Å²) in [6, 6.07) is 0. The zero-order valence-corrected chi connectivity index (χ0v) is 32.2. The highest BCUT2D eigenvalue weighted by molar-refractivity contribution is 4.83. The molecule has 0 radical (unpaired) electrons. The number of ether oxygens (including phenoxy) is 3. The van der Waals surface area contributed by atoms with Gasteiger partial charge in [0.05, 0.1) is 31.0 Å². The molecule has 5 heteroatoms. The first-order valence-electron chi connectivity index (χ1n) is 19.5. The SMILES string of the molecule is C=CCO[C@@H]1C[C@H](C)CC[C@H]1C(C)C.CC(C)[C@@H]1CC[C@@H](C)C[C@H]1O.CC(C)[C@@H]1CC[C@@H](C)C[C@H]1OCCCO.CC1CCCO1. The quantitative estimate of drug-likeness (QED) is 0.182. The van der Waals surface area contributed by atoms with Crippen molar-refractivity contribution in [3.8, 4) is 0 Å². The molecule has 0 aromatic carbocycles. The molecule has 1 heterocycles. The number of aliphatic hydroxyl groups is 2. The Morgan fingerprint density at radius 1 is 0.696 bits per heavy atom. The van der Waals surface area contributed by atoms with Crippen LogP contribution in [0.4, 0.5) is 0 Å². The molecule has 4 aliphatic rings. The van der Waals surface area contributed by atoms with Crippen LogP contribution in [0.15, 0.2) is 12.7 Å². The first-order valence-corrected chi connectivity index (χ1v) is 19.5. The monoisotopic (exact) mass is 653 g/mol. The Labute approximate surface area is 287 Å². The third kappa shape index (κ3) is 17.8. The van der Waals surface area contributed by atoms with E-state index >= 15 is 0 Å². The van der Waals surface area contributed by atoms with E-state index in [4.69, 9.17) is 19.3 Å².